The molecule has 0 heterocycles. The summed E-state index contributed by atoms with van der Waals surface area (Å²) in [4.78, 5) is 0. The third-order valence-corrected chi connectivity index (χ3v) is 3.64. The van der Waals surface area contributed by atoms with Gasteiger partial charge in [-0.05, 0) is 19.4 Å². The van der Waals surface area contributed by atoms with Crippen molar-refractivity contribution in [3.8, 4) is 0 Å². The van der Waals surface area contributed by atoms with Gasteiger partial charge in [-0.1, -0.05) is 40.0 Å². The standard InChI is InChI=1S/C12H25NO/c1-4-5-6-7-8-13-10-9-11(14)12(10,2)3/h10-11,13-14H,4-9H2,1-3H3. The Kier molecular flexibility index (Phi) is 4.39. The summed E-state index contributed by atoms with van der Waals surface area (Å²) >= 11 is 0. The molecule has 1 aliphatic rings. The van der Waals surface area contributed by atoms with Crippen molar-refractivity contribution in [2.45, 2.75) is 65.0 Å². The molecular weight excluding hydrogens is 174 g/mol. The molecular formula is C12H25NO. The quantitative estimate of drug-likeness (QED) is 0.643. The highest BCUT2D eigenvalue weighted by Crippen LogP contribution is 2.40. The highest BCUT2D eigenvalue weighted by Gasteiger charge is 2.46. The Morgan fingerprint density at radius 1 is 1.29 bits per heavy atom. The Labute approximate surface area is 88.1 Å². The van der Waals surface area contributed by atoms with E-state index in [1.165, 1.54) is 25.7 Å². The molecule has 14 heavy (non-hydrogen) atoms. The van der Waals surface area contributed by atoms with Crippen LogP contribution in [0.3, 0.4) is 0 Å². The smallest absolute Gasteiger partial charge is 0.0621 e. The van der Waals surface area contributed by atoms with Crippen LogP contribution in [-0.4, -0.2) is 23.8 Å². The molecule has 0 spiro atoms. The zero-order chi connectivity index (χ0) is 10.6. The van der Waals surface area contributed by atoms with Gasteiger partial charge in [0.05, 0.1) is 6.10 Å². The van der Waals surface area contributed by atoms with Crippen molar-refractivity contribution in [1.29, 1.82) is 0 Å². The first-order valence-electron chi connectivity index (χ1n) is 6.00. The lowest BCUT2D eigenvalue weighted by Gasteiger charge is -2.49. The fraction of sp³-hybridized carbons (Fsp3) is 1.00. The maximum atomic E-state index is 9.55. The first-order chi connectivity index (χ1) is 6.59. The van der Waals surface area contributed by atoms with E-state index in [0.717, 1.165) is 13.0 Å². The molecule has 0 aromatic rings. The van der Waals surface area contributed by atoms with E-state index in [1.54, 1.807) is 0 Å². The number of aliphatic hydroxyl groups is 1. The predicted octanol–water partition coefficient (Wildman–Crippen LogP) is 2.32. The van der Waals surface area contributed by atoms with Gasteiger partial charge in [-0.25, -0.2) is 0 Å². The van der Waals surface area contributed by atoms with Crippen molar-refractivity contribution >= 4 is 0 Å². The van der Waals surface area contributed by atoms with E-state index < -0.39 is 0 Å². The zero-order valence-electron chi connectivity index (χ0n) is 9.84. The van der Waals surface area contributed by atoms with Crippen LogP contribution < -0.4 is 5.32 Å². The van der Waals surface area contributed by atoms with Gasteiger partial charge in [-0.3, -0.25) is 0 Å². The van der Waals surface area contributed by atoms with Crippen LogP contribution in [-0.2, 0) is 0 Å². The van der Waals surface area contributed by atoms with E-state index in [4.69, 9.17) is 0 Å². The topological polar surface area (TPSA) is 32.3 Å². The molecule has 84 valence electrons. The first-order valence-corrected chi connectivity index (χ1v) is 6.00. The van der Waals surface area contributed by atoms with Gasteiger partial charge >= 0.3 is 0 Å². The van der Waals surface area contributed by atoms with Crippen molar-refractivity contribution in [2.75, 3.05) is 6.54 Å². The second-order valence-electron chi connectivity index (χ2n) is 5.14. The number of nitrogens with one attached hydrogen (secondary N) is 1. The van der Waals surface area contributed by atoms with Crippen LogP contribution in [0.15, 0.2) is 0 Å². The van der Waals surface area contributed by atoms with E-state index >= 15 is 0 Å². The van der Waals surface area contributed by atoms with Gasteiger partial charge < -0.3 is 10.4 Å². The summed E-state index contributed by atoms with van der Waals surface area (Å²) in [6.07, 6.45) is 6.08. The lowest BCUT2D eigenvalue weighted by atomic mass is 9.64. The predicted molar refractivity (Wildman–Crippen MR) is 60.3 cm³/mol. The largest absolute Gasteiger partial charge is 0.392 e. The first kappa shape index (κ1) is 12.0. The minimum atomic E-state index is -0.101. The molecule has 1 aliphatic carbocycles. The number of hydrogen-bond acceptors (Lipinski definition) is 2. The number of hydrogen-bond donors (Lipinski definition) is 2. The second kappa shape index (κ2) is 5.13. The molecule has 1 fully saturated rings. The molecule has 2 nitrogen and oxygen atoms in total. The van der Waals surface area contributed by atoms with Crippen molar-refractivity contribution in [2.24, 2.45) is 5.41 Å². The summed E-state index contributed by atoms with van der Waals surface area (Å²) in [6.45, 7) is 7.63. The fourth-order valence-electron chi connectivity index (χ4n) is 2.08. The van der Waals surface area contributed by atoms with Gasteiger partial charge in [0.2, 0.25) is 0 Å². The Morgan fingerprint density at radius 2 is 2.00 bits per heavy atom. The van der Waals surface area contributed by atoms with E-state index in [9.17, 15) is 5.11 Å². The van der Waals surface area contributed by atoms with Crippen LogP contribution in [0.5, 0.6) is 0 Å². The lowest BCUT2D eigenvalue weighted by Crippen LogP contribution is -2.60. The fourth-order valence-corrected chi connectivity index (χ4v) is 2.08. The summed E-state index contributed by atoms with van der Waals surface area (Å²) in [7, 11) is 0. The number of unbranched alkanes of at least 4 members (excludes halogenated alkanes) is 3. The minimum Gasteiger partial charge on any atom is -0.392 e. The van der Waals surface area contributed by atoms with Gasteiger partial charge in [0, 0.05) is 11.5 Å². The molecule has 0 saturated heterocycles. The number of rotatable bonds is 6. The second-order valence-corrected chi connectivity index (χ2v) is 5.14. The molecule has 1 rings (SSSR count). The molecule has 0 aliphatic heterocycles. The molecule has 2 unspecified atom stereocenters. The summed E-state index contributed by atoms with van der Waals surface area (Å²) in [5, 5.41) is 13.1. The van der Waals surface area contributed by atoms with Crippen LogP contribution in [0.1, 0.15) is 52.9 Å². The van der Waals surface area contributed by atoms with Crippen molar-refractivity contribution < 1.29 is 5.11 Å². The molecule has 2 N–H and O–H groups in total. The summed E-state index contributed by atoms with van der Waals surface area (Å²) in [5.41, 5.74) is 0.0881. The molecule has 0 amide bonds. The zero-order valence-corrected chi connectivity index (χ0v) is 9.84. The molecule has 0 bridgehead atoms. The summed E-state index contributed by atoms with van der Waals surface area (Å²) in [6, 6.07) is 0.527. The Bertz CT molecular complexity index is 168. The van der Waals surface area contributed by atoms with E-state index in [-0.39, 0.29) is 11.5 Å². The van der Waals surface area contributed by atoms with E-state index in [2.05, 4.69) is 26.1 Å². The van der Waals surface area contributed by atoms with Crippen LogP contribution >= 0.6 is 0 Å². The van der Waals surface area contributed by atoms with Gasteiger partial charge in [0.25, 0.3) is 0 Å². The Hall–Kier alpha value is -0.0800. The SMILES string of the molecule is CCCCCCNC1CC(O)C1(C)C. The van der Waals surface area contributed by atoms with Crippen LogP contribution in [0.4, 0.5) is 0 Å². The molecule has 2 heteroatoms. The highest BCUT2D eigenvalue weighted by atomic mass is 16.3. The Balaban J connectivity index is 2.03. The van der Waals surface area contributed by atoms with Gasteiger partial charge in [0.15, 0.2) is 0 Å². The van der Waals surface area contributed by atoms with Gasteiger partial charge in [-0.15, -0.1) is 0 Å². The molecule has 0 aromatic carbocycles. The van der Waals surface area contributed by atoms with Crippen molar-refractivity contribution in [3.63, 3.8) is 0 Å². The average molecular weight is 199 g/mol. The van der Waals surface area contributed by atoms with Crippen LogP contribution in [0.25, 0.3) is 0 Å². The lowest BCUT2D eigenvalue weighted by molar-refractivity contribution is -0.0722. The normalized spacial score (nSPS) is 30.0. The van der Waals surface area contributed by atoms with E-state index in [0.29, 0.717) is 6.04 Å². The molecule has 2 atom stereocenters. The summed E-state index contributed by atoms with van der Waals surface area (Å²) in [5.74, 6) is 0. The van der Waals surface area contributed by atoms with Gasteiger partial charge in [-0.2, -0.15) is 0 Å². The monoisotopic (exact) mass is 199 g/mol. The molecule has 0 radical (unpaired) electrons. The third kappa shape index (κ3) is 2.71. The Morgan fingerprint density at radius 3 is 2.50 bits per heavy atom. The maximum absolute atomic E-state index is 9.55. The van der Waals surface area contributed by atoms with Crippen molar-refractivity contribution in [3.05, 3.63) is 0 Å². The highest BCUT2D eigenvalue weighted by molar-refractivity contribution is 5.01. The number of aliphatic hydroxyl groups excluding tert-OH is 1. The van der Waals surface area contributed by atoms with Crippen molar-refractivity contribution in [1.82, 2.24) is 5.32 Å². The average Bonchev–Trinajstić information content (AvgIpc) is 2.16. The van der Waals surface area contributed by atoms with E-state index in [1.807, 2.05) is 0 Å². The molecule has 1 saturated carbocycles. The molecule has 0 aromatic heterocycles. The van der Waals surface area contributed by atoms with Gasteiger partial charge in [0.1, 0.15) is 0 Å². The maximum Gasteiger partial charge on any atom is 0.0621 e. The summed E-state index contributed by atoms with van der Waals surface area (Å²) < 4.78 is 0. The van der Waals surface area contributed by atoms with Crippen LogP contribution in [0.2, 0.25) is 0 Å². The van der Waals surface area contributed by atoms with Crippen LogP contribution in [0, 0.1) is 5.41 Å². The minimum absolute atomic E-state index is 0.0881. The third-order valence-electron chi connectivity index (χ3n) is 3.64.